The van der Waals surface area contributed by atoms with Gasteiger partial charge in [0.1, 0.15) is 11.5 Å². The van der Waals surface area contributed by atoms with Gasteiger partial charge in [-0.15, -0.1) is 0 Å². The summed E-state index contributed by atoms with van der Waals surface area (Å²) < 4.78 is 4.97. The quantitative estimate of drug-likeness (QED) is 0.541. The van der Waals surface area contributed by atoms with E-state index in [1.54, 1.807) is 24.3 Å². The minimum Gasteiger partial charge on any atom is -0.427 e. The van der Waals surface area contributed by atoms with Gasteiger partial charge >= 0.3 is 5.97 Å². The first-order valence-electron chi connectivity index (χ1n) is 4.43. The van der Waals surface area contributed by atoms with E-state index >= 15 is 0 Å². The zero-order valence-corrected chi connectivity index (χ0v) is 8.03. The Morgan fingerprint density at radius 3 is 2.36 bits per heavy atom. The number of carbonyl (C=O) groups excluding carboxylic acids is 2. The lowest BCUT2D eigenvalue weighted by Gasteiger charge is -2.02. The molecule has 0 aliphatic carbocycles. The Labute approximate surface area is 82.7 Å². The Morgan fingerprint density at radius 2 is 1.79 bits per heavy atom. The van der Waals surface area contributed by atoms with Crippen molar-refractivity contribution in [2.45, 2.75) is 19.8 Å². The summed E-state index contributed by atoms with van der Waals surface area (Å²) in [5.74, 6) is 0.141. The number of carbonyl (C=O) groups is 2. The fourth-order valence-corrected chi connectivity index (χ4v) is 0.949. The van der Waals surface area contributed by atoms with Crippen LogP contribution in [0, 0.1) is 0 Å². The van der Waals surface area contributed by atoms with Crippen molar-refractivity contribution in [2.24, 2.45) is 0 Å². The summed E-state index contributed by atoms with van der Waals surface area (Å²) in [7, 11) is 0. The minimum absolute atomic E-state index is 0.00462. The van der Waals surface area contributed by atoms with Crippen LogP contribution in [0.25, 0.3) is 0 Å². The number of ketones is 1. The summed E-state index contributed by atoms with van der Waals surface area (Å²) in [6.07, 6.45) is 0.385. The van der Waals surface area contributed by atoms with Gasteiger partial charge in [-0.05, 0) is 19.1 Å². The van der Waals surface area contributed by atoms with Gasteiger partial charge in [0, 0.05) is 6.42 Å². The van der Waals surface area contributed by atoms with Gasteiger partial charge in [0.05, 0.1) is 6.42 Å². The summed E-state index contributed by atoms with van der Waals surface area (Å²) in [6, 6.07) is 8.81. The number of para-hydroxylation sites is 1. The van der Waals surface area contributed by atoms with Gasteiger partial charge in [-0.2, -0.15) is 0 Å². The number of hydrogen-bond donors (Lipinski definition) is 0. The van der Waals surface area contributed by atoms with E-state index in [0.717, 1.165) is 0 Å². The highest BCUT2D eigenvalue weighted by Gasteiger charge is 2.05. The molecule has 0 amide bonds. The average molecular weight is 192 g/mol. The molecule has 74 valence electrons. The topological polar surface area (TPSA) is 43.4 Å². The van der Waals surface area contributed by atoms with Crippen molar-refractivity contribution in [2.75, 3.05) is 0 Å². The molecular weight excluding hydrogens is 180 g/mol. The molecule has 0 saturated carbocycles. The number of benzene rings is 1. The van der Waals surface area contributed by atoms with Crippen molar-refractivity contribution in [3.8, 4) is 5.75 Å². The number of rotatable bonds is 4. The number of hydrogen-bond acceptors (Lipinski definition) is 3. The Morgan fingerprint density at radius 1 is 1.14 bits per heavy atom. The molecule has 3 heteroatoms. The predicted octanol–water partition coefficient (Wildman–Crippen LogP) is 1.96. The van der Waals surface area contributed by atoms with Crippen molar-refractivity contribution in [3.63, 3.8) is 0 Å². The second kappa shape index (κ2) is 5.17. The Bertz CT molecular complexity index is 317. The fraction of sp³-hybridized carbons (Fsp3) is 0.273. The van der Waals surface area contributed by atoms with Gasteiger partial charge in [0.2, 0.25) is 0 Å². The first kappa shape index (κ1) is 10.4. The molecule has 1 aromatic carbocycles. The maximum atomic E-state index is 11.1. The number of ether oxygens (including phenoxy) is 1. The molecule has 0 saturated heterocycles. The lowest BCUT2D eigenvalue weighted by atomic mass is 10.2. The van der Waals surface area contributed by atoms with E-state index in [9.17, 15) is 9.59 Å². The van der Waals surface area contributed by atoms with Gasteiger partial charge in [-0.3, -0.25) is 4.79 Å². The molecule has 0 N–H and O–H groups in total. The number of Topliss-reactive ketones (excluding diaryl/α,β-unsaturated/α-hetero) is 1. The molecule has 0 spiro atoms. The third kappa shape index (κ3) is 3.85. The molecule has 1 rings (SSSR count). The third-order valence-corrected chi connectivity index (χ3v) is 1.66. The largest absolute Gasteiger partial charge is 0.427 e. The van der Waals surface area contributed by atoms with E-state index in [0.29, 0.717) is 5.75 Å². The normalized spacial score (nSPS) is 9.50. The molecule has 1 aromatic rings. The molecule has 0 aliphatic heterocycles. The van der Waals surface area contributed by atoms with E-state index < -0.39 is 0 Å². The van der Waals surface area contributed by atoms with Gasteiger partial charge < -0.3 is 9.53 Å². The monoisotopic (exact) mass is 192 g/mol. The van der Waals surface area contributed by atoms with Crippen LogP contribution in [0.5, 0.6) is 5.75 Å². The second-order valence-electron chi connectivity index (χ2n) is 2.99. The lowest BCUT2D eigenvalue weighted by molar-refractivity contribution is -0.135. The summed E-state index contributed by atoms with van der Waals surface area (Å²) >= 11 is 0. The standard InChI is InChI=1S/C11H12O3/c1-9(12)7-8-11(13)14-10-5-3-2-4-6-10/h2-6H,7-8H2,1H3. The molecular formula is C11H12O3. The Balaban J connectivity index is 2.38. The maximum Gasteiger partial charge on any atom is 0.311 e. The summed E-state index contributed by atoms with van der Waals surface area (Å²) in [5.41, 5.74) is 0. The molecule has 3 nitrogen and oxygen atoms in total. The average Bonchev–Trinajstić information content (AvgIpc) is 2.16. The van der Waals surface area contributed by atoms with Crippen molar-refractivity contribution >= 4 is 11.8 Å². The van der Waals surface area contributed by atoms with Crippen LogP contribution in [0.4, 0.5) is 0 Å². The maximum absolute atomic E-state index is 11.1. The van der Waals surface area contributed by atoms with Crippen LogP contribution in [0.3, 0.4) is 0 Å². The molecule has 0 fully saturated rings. The van der Waals surface area contributed by atoms with Crippen molar-refractivity contribution in [1.29, 1.82) is 0 Å². The molecule has 0 unspecified atom stereocenters. The van der Waals surface area contributed by atoms with Crippen molar-refractivity contribution in [3.05, 3.63) is 30.3 Å². The Kier molecular flexibility index (Phi) is 3.85. The van der Waals surface area contributed by atoms with Crippen LogP contribution in [-0.2, 0) is 9.59 Å². The first-order valence-corrected chi connectivity index (χ1v) is 4.43. The Hall–Kier alpha value is -1.64. The highest BCUT2D eigenvalue weighted by molar-refractivity contribution is 5.81. The first-order chi connectivity index (χ1) is 6.68. The summed E-state index contributed by atoms with van der Waals surface area (Å²) in [4.78, 5) is 21.7. The van der Waals surface area contributed by atoms with E-state index in [4.69, 9.17) is 4.74 Å². The van der Waals surface area contributed by atoms with Crippen LogP contribution in [0.15, 0.2) is 30.3 Å². The molecule has 0 aliphatic rings. The van der Waals surface area contributed by atoms with Gasteiger partial charge in [0.15, 0.2) is 0 Å². The SMILES string of the molecule is CC(=O)CCC(=O)Oc1ccccc1. The lowest BCUT2D eigenvalue weighted by Crippen LogP contribution is -2.09. The third-order valence-electron chi connectivity index (χ3n) is 1.66. The van der Waals surface area contributed by atoms with Crippen molar-refractivity contribution in [1.82, 2.24) is 0 Å². The smallest absolute Gasteiger partial charge is 0.311 e. The van der Waals surface area contributed by atoms with Crippen LogP contribution >= 0.6 is 0 Å². The summed E-state index contributed by atoms with van der Waals surface area (Å²) in [5, 5.41) is 0. The second-order valence-corrected chi connectivity index (χ2v) is 2.99. The molecule has 0 radical (unpaired) electrons. The highest BCUT2D eigenvalue weighted by Crippen LogP contribution is 2.09. The van der Waals surface area contributed by atoms with Crippen molar-refractivity contribution < 1.29 is 14.3 Å². The van der Waals surface area contributed by atoms with Crippen LogP contribution in [0.2, 0.25) is 0 Å². The predicted molar refractivity (Wildman–Crippen MR) is 52.0 cm³/mol. The molecule has 0 bridgehead atoms. The van der Waals surface area contributed by atoms with E-state index in [2.05, 4.69) is 0 Å². The summed E-state index contributed by atoms with van der Waals surface area (Å²) in [6.45, 7) is 1.45. The van der Waals surface area contributed by atoms with Gasteiger partial charge in [-0.25, -0.2) is 0 Å². The van der Waals surface area contributed by atoms with Crippen LogP contribution < -0.4 is 4.74 Å². The fourth-order valence-electron chi connectivity index (χ4n) is 0.949. The van der Waals surface area contributed by atoms with E-state index in [1.165, 1.54) is 6.92 Å². The zero-order valence-electron chi connectivity index (χ0n) is 8.03. The van der Waals surface area contributed by atoms with Gasteiger partial charge in [-0.1, -0.05) is 18.2 Å². The van der Waals surface area contributed by atoms with E-state index in [1.807, 2.05) is 6.07 Å². The molecule has 14 heavy (non-hydrogen) atoms. The van der Waals surface area contributed by atoms with Crippen LogP contribution in [-0.4, -0.2) is 11.8 Å². The zero-order chi connectivity index (χ0) is 10.4. The number of esters is 1. The molecule has 0 aromatic heterocycles. The molecule has 0 atom stereocenters. The van der Waals surface area contributed by atoms with Crippen LogP contribution in [0.1, 0.15) is 19.8 Å². The highest BCUT2D eigenvalue weighted by atomic mass is 16.5. The van der Waals surface area contributed by atoms with Gasteiger partial charge in [0.25, 0.3) is 0 Å². The van der Waals surface area contributed by atoms with E-state index in [-0.39, 0.29) is 24.6 Å². The molecule has 0 heterocycles. The minimum atomic E-state index is -0.369.